The van der Waals surface area contributed by atoms with Crippen molar-refractivity contribution >= 4 is 11.9 Å². The van der Waals surface area contributed by atoms with Gasteiger partial charge in [-0.05, 0) is 12.3 Å². The Labute approximate surface area is 99.4 Å². The number of rotatable bonds is 6. The van der Waals surface area contributed by atoms with E-state index in [-0.39, 0.29) is 18.4 Å². The molecule has 94 valence electrons. The Morgan fingerprint density at radius 3 is 2.71 bits per heavy atom. The van der Waals surface area contributed by atoms with E-state index in [4.69, 9.17) is 5.11 Å². The fourth-order valence-corrected chi connectivity index (χ4v) is 1.62. The first-order chi connectivity index (χ1) is 7.99. The molecule has 0 fully saturated rings. The van der Waals surface area contributed by atoms with E-state index in [0.717, 1.165) is 0 Å². The van der Waals surface area contributed by atoms with Gasteiger partial charge in [-0.2, -0.15) is 0 Å². The molecule has 1 aromatic heterocycles. The molecule has 0 aliphatic carbocycles. The number of hydrogen-bond donors (Lipinski definition) is 3. The lowest BCUT2D eigenvalue weighted by Crippen LogP contribution is -2.37. The van der Waals surface area contributed by atoms with Gasteiger partial charge in [-0.25, -0.2) is 4.98 Å². The fraction of sp³-hybridized carbons (Fsp3) is 0.545. The third-order valence-electron chi connectivity index (χ3n) is 2.26. The van der Waals surface area contributed by atoms with Crippen LogP contribution in [0.15, 0.2) is 12.5 Å². The monoisotopic (exact) mass is 239 g/mol. The maximum absolute atomic E-state index is 11.7. The molecule has 1 amide bonds. The van der Waals surface area contributed by atoms with Crippen molar-refractivity contribution < 1.29 is 14.7 Å². The summed E-state index contributed by atoms with van der Waals surface area (Å²) in [4.78, 5) is 28.8. The average Bonchev–Trinajstić information content (AvgIpc) is 2.67. The molecule has 1 aromatic rings. The van der Waals surface area contributed by atoms with Crippen molar-refractivity contribution in [1.82, 2.24) is 15.3 Å². The highest BCUT2D eigenvalue weighted by atomic mass is 16.4. The van der Waals surface area contributed by atoms with E-state index >= 15 is 0 Å². The van der Waals surface area contributed by atoms with Gasteiger partial charge in [0.25, 0.3) is 5.91 Å². The number of carbonyl (C=O) groups is 2. The van der Waals surface area contributed by atoms with Crippen LogP contribution < -0.4 is 5.32 Å². The second kappa shape index (κ2) is 6.03. The van der Waals surface area contributed by atoms with E-state index < -0.39 is 5.97 Å². The van der Waals surface area contributed by atoms with E-state index in [1.165, 1.54) is 12.5 Å². The molecule has 0 spiro atoms. The molecule has 17 heavy (non-hydrogen) atoms. The van der Waals surface area contributed by atoms with Crippen LogP contribution in [0.2, 0.25) is 0 Å². The molecule has 6 heteroatoms. The number of nitrogens with zero attached hydrogens (tertiary/aromatic N) is 1. The molecule has 1 atom stereocenters. The molecule has 0 aliphatic rings. The Kier molecular flexibility index (Phi) is 4.68. The highest BCUT2D eigenvalue weighted by Crippen LogP contribution is 2.08. The standard InChI is InChI=1S/C11H17N3O3/c1-7(2)3-8(4-10(15)16)14-11(17)9-5-12-6-13-9/h5-8H,3-4H2,1-2H3,(H,12,13)(H,14,17)(H,15,16)/t8-/m1/s1. The third-order valence-corrected chi connectivity index (χ3v) is 2.26. The molecule has 0 saturated carbocycles. The van der Waals surface area contributed by atoms with Crippen molar-refractivity contribution in [3.63, 3.8) is 0 Å². The van der Waals surface area contributed by atoms with Crippen LogP contribution >= 0.6 is 0 Å². The minimum atomic E-state index is -0.916. The number of amides is 1. The maximum atomic E-state index is 11.7. The van der Waals surface area contributed by atoms with Gasteiger partial charge in [-0.3, -0.25) is 9.59 Å². The summed E-state index contributed by atoms with van der Waals surface area (Å²) in [5.74, 6) is -0.920. The second-order valence-corrected chi connectivity index (χ2v) is 4.36. The minimum absolute atomic E-state index is 0.0714. The number of H-pyrrole nitrogens is 1. The van der Waals surface area contributed by atoms with Crippen molar-refractivity contribution in [2.75, 3.05) is 0 Å². The van der Waals surface area contributed by atoms with Crippen molar-refractivity contribution in [2.24, 2.45) is 5.92 Å². The van der Waals surface area contributed by atoms with Gasteiger partial charge in [-0.1, -0.05) is 13.8 Å². The van der Waals surface area contributed by atoms with Gasteiger partial charge in [0.05, 0.1) is 18.9 Å². The van der Waals surface area contributed by atoms with Crippen LogP contribution in [0, 0.1) is 5.92 Å². The van der Waals surface area contributed by atoms with E-state index in [1.54, 1.807) is 0 Å². The van der Waals surface area contributed by atoms with E-state index in [0.29, 0.717) is 18.0 Å². The molecule has 0 bridgehead atoms. The lowest BCUT2D eigenvalue weighted by atomic mass is 10.0. The average molecular weight is 239 g/mol. The Balaban J connectivity index is 2.59. The van der Waals surface area contributed by atoms with Crippen molar-refractivity contribution in [2.45, 2.75) is 32.7 Å². The first kappa shape index (κ1) is 13.2. The number of nitrogens with one attached hydrogen (secondary N) is 2. The molecule has 3 N–H and O–H groups in total. The lowest BCUT2D eigenvalue weighted by Gasteiger charge is -2.18. The molecular weight excluding hydrogens is 222 g/mol. The third kappa shape index (κ3) is 4.67. The smallest absolute Gasteiger partial charge is 0.305 e. The second-order valence-electron chi connectivity index (χ2n) is 4.36. The van der Waals surface area contributed by atoms with Crippen molar-refractivity contribution in [3.8, 4) is 0 Å². The van der Waals surface area contributed by atoms with Gasteiger partial charge in [0.1, 0.15) is 5.69 Å². The fourth-order valence-electron chi connectivity index (χ4n) is 1.62. The van der Waals surface area contributed by atoms with Crippen molar-refractivity contribution in [3.05, 3.63) is 18.2 Å². The number of carboxylic acids is 1. The van der Waals surface area contributed by atoms with Crippen LogP contribution in [0.3, 0.4) is 0 Å². The maximum Gasteiger partial charge on any atom is 0.305 e. The summed E-state index contributed by atoms with van der Waals surface area (Å²) >= 11 is 0. The topological polar surface area (TPSA) is 95.1 Å². The Bertz CT molecular complexity index is 373. The summed E-state index contributed by atoms with van der Waals surface area (Å²) in [6.45, 7) is 3.97. The number of hydrogen-bond acceptors (Lipinski definition) is 3. The van der Waals surface area contributed by atoms with Crippen LogP contribution in [0.25, 0.3) is 0 Å². The van der Waals surface area contributed by atoms with Gasteiger partial charge in [0.2, 0.25) is 0 Å². The van der Waals surface area contributed by atoms with Gasteiger partial charge >= 0.3 is 5.97 Å². The van der Waals surface area contributed by atoms with Gasteiger partial charge in [0, 0.05) is 6.04 Å². The predicted octanol–water partition coefficient (Wildman–Crippen LogP) is 1.03. The first-order valence-corrected chi connectivity index (χ1v) is 5.50. The van der Waals surface area contributed by atoms with Gasteiger partial charge in [-0.15, -0.1) is 0 Å². The van der Waals surface area contributed by atoms with Crippen LogP contribution in [0.1, 0.15) is 37.2 Å². The summed E-state index contributed by atoms with van der Waals surface area (Å²) in [6, 6.07) is -0.358. The normalized spacial score (nSPS) is 12.4. The molecule has 1 heterocycles. The van der Waals surface area contributed by atoms with Crippen LogP contribution in [-0.2, 0) is 4.79 Å². The number of aliphatic carboxylic acids is 1. The quantitative estimate of drug-likeness (QED) is 0.691. The summed E-state index contributed by atoms with van der Waals surface area (Å²) in [5, 5.41) is 11.5. The molecule has 0 radical (unpaired) electrons. The van der Waals surface area contributed by atoms with Crippen molar-refractivity contribution in [1.29, 1.82) is 0 Å². The number of carbonyl (C=O) groups excluding carboxylic acids is 1. The zero-order valence-corrected chi connectivity index (χ0v) is 9.93. The molecule has 0 saturated heterocycles. The molecule has 0 unspecified atom stereocenters. The van der Waals surface area contributed by atoms with E-state index in [2.05, 4.69) is 15.3 Å². The first-order valence-electron chi connectivity index (χ1n) is 5.50. The van der Waals surface area contributed by atoms with E-state index in [1.807, 2.05) is 13.8 Å². The Morgan fingerprint density at radius 1 is 1.53 bits per heavy atom. The number of aromatic amines is 1. The summed E-state index contributed by atoms with van der Waals surface area (Å²) < 4.78 is 0. The zero-order chi connectivity index (χ0) is 12.8. The van der Waals surface area contributed by atoms with Crippen LogP contribution in [0.5, 0.6) is 0 Å². The summed E-state index contributed by atoms with van der Waals surface area (Å²) in [6.07, 6.45) is 3.37. The Hall–Kier alpha value is -1.85. The summed E-state index contributed by atoms with van der Waals surface area (Å²) in [5.41, 5.74) is 0.337. The molecular formula is C11H17N3O3. The highest BCUT2D eigenvalue weighted by molar-refractivity contribution is 5.92. The number of carboxylic acid groups (broad SMARTS) is 1. The minimum Gasteiger partial charge on any atom is -0.481 e. The van der Waals surface area contributed by atoms with Crippen LogP contribution in [0.4, 0.5) is 0 Å². The van der Waals surface area contributed by atoms with Crippen LogP contribution in [-0.4, -0.2) is 33.0 Å². The molecule has 0 aromatic carbocycles. The van der Waals surface area contributed by atoms with Gasteiger partial charge in [0.15, 0.2) is 0 Å². The molecule has 6 nitrogen and oxygen atoms in total. The number of aromatic nitrogens is 2. The SMILES string of the molecule is CC(C)C[C@H](CC(=O)O)NC(=O)c1cnc[nH]1. The zero-order valence-electron chi connectivity index (χ0n) is 9.93. The lowest BCUT2D eigenvalue weighted by molar-refractivity contribution is -0.137. The molecule has 0 aliphatic heterocycles. The Morgan fingerprint density at radius 2 is 2.24 bits per heavy atom. The summed E-state index contributed by atoms with van der Waals surface area (Å²) in [7, 11) is 0. The van der Waals surface area contributed by atoms with Gasteiger partial charge < -0.3 is 15.4 Å². The largest absolute Gasteiger partial charge is 0.481 e. The number of imidazole rings is 1. The predicted molar refractivity (Wildman–Crippen MR) is 61.5 cm³/mol. The van der Waals surface area contributed by atoms with E-state index in [9.17, 15) is 9.59 Å². The molecule has 1 rings (SSSR count). The highest BCUT2D eigenvalue weighted by Gasteiger charge is 2.18.